The summed E-state index contributed by atoms with van der Waals surface area (Å²) in [4.78, 5) is 0. The molecular weight excluding hydrogens is 480 g/mol. The maximum absolute atomic E-state index is 14.7. The van der Waals surface area contributed by atoms with E-state index in [1.54, 1.807) is 0 Å². The van der Waals surface area contributed by atoms with Crippen LogP contribution >= 0.6 is 0 Å². The van der Waals surface area contributed by atoms with Crippen LogP contribution in [0.4, 0.5) is 35.1 Å². The predicted molar refractivity (Wildman–Crippen MR) is 114 cm³/mol. The van der Waals surface area contributed by atoms with Crippen molar-refractivity contribution in [1.29, 1.82) is 0 Å². The molecule has 1 nitrogen and oxygen atoms in total. The van der Waals surface area contributed by atoms with Gasteiger partial charge in [-0.25, -0.2) is 26.3 Å². The third kappa shape index (κ3) is 4.54. The van der Waals surface area contributed by atoms with Crippen LogP contribution in [0.5, 0.6) is 5.75 Å². The van der Waals surface area contributed by atoms with Crippen molar-refractivity contribution >= 4 is 10.8 Å². The predicted octanol–water partition coefficient (Wildman–Crippen LogP) is 8.42. The Labute approximate surface area is 194 Å². The van der Waals surface area contributed by atoms with E-state index in [0.29, 0.717) is 25.0 Å². The number of ether oxygens (including phenoxy) is 1. The fourth-order valence-corrected chi connectivity index (χ4v) is 3.75. The molecule has 0 amide bonds. The first-order valence-electron chi connectivity index (χ1n) is 10.4. The average Bonchev–Trinajstić information content (AvgIpc) is 2.80. The third-order valence-corrected chi connectivity index (χ3v) is 5.46. The molecule has 4 aromatic carbocycles. The maximum Gasteiger partial charge on any atom is 0.426 e. The van der Waals surface area contributed by atoms with Crippen LogP contribution in [-0.2, 0) is 12.5 Å². The number of halogens is 8. The Morgan fingerprint density at radius 1 is 0.714 bits per heavy atom. The van der Waals surface area contributed by atoms with Gasteiger partial charge in [-0.3, -0.25) is 0 Å². The maximum atomic E-state index is 14.7. The first-order chi connectivity index (χ1) is 16.5. The van der Waals surface area contributed by atoms with Crippen LogP contribution in [0, 0.1) is 34.9 Å². The summed E-state index contributed by atoms with van der Waals surface area (Å²) in [7, 11) is 0. The number of hydrogen-bond acceptors (Lipinski definition) is 1. The summed E-state index contributed by atoms with van der Waals surface area (Å²) in [5.74, 6) is -9.62. The minimum absolute atomic E-state index is 0.119. The molecule has 9 heteroatoms. The Hall–Kier alpha value is -3.62. The normalized spacial score (nSPS) is 11.8. The van der Waals surface area contributed by atoms with E-state index in [0.717, 1.165) is 30.3 Å². The lowest BCUT2D eigenvalue weighted by Crippen LogP contribution is -2.22. The van der Waals surface area contributed by atoms with Gasteiger partial charge in [0.2, 0.25) is 0 Å². The molecule has 0 radical (unpaired) electrons. The number of rotatable bonds is 6. The van der Waals surface area contributed by atoms with Gasteiger partial charge in [-0.05, 0) is 47.2 Å². The van der Waals surface area contributed by atoms with Crippen LogP contribution < -0.4 is 4.74 Å². The Morgan fingerprint density at radius 3 is 2.06 bits per heavy atom. The summed E-state index contributed by atoms with van der Waals surface area (Å²) < 4.78 is 118. The molecule has 0 aliphatic heterocycles. The molecule has 0 N–H and O–H groups in total. The monoisotopic (exact) mass is 496 g/mol. The van der Waals surface area contributed by atoms with E-state index in [2.05, 4.69) is 4.74 Å². The Bertz CT molecular complexity index is 1410. The minimum atomic E-state index is -4.04. The molecular formula is C26H16F8O. The van der Waals surface area contributed by atoms with Gasteiger partial charge >= 0.3 is 6.11 Å². The van der Waals surface area contributed by atoms with Crippen molar-refractivity contribution in [2.24, 2.45) is 0 Å². The molecule has 0 saturated carbocycles. The number of aryl methyl sites for hydroxylation is 1. The summed E-state index contributed by atoms with van der Waals surface area (Å²) in [5, 5.41) is -1.44. The highest BCUT2D eigenvalue weighted by Crippen LogP contribution is 2.36. The van der Waals surface area contributed by atoms with Crippen molar-refractivity contribution in [2.75, 3.05) is 0 Å². The Kier molecular flexibility index (Phi) is 6.44. The van der Waals surface area contributed by atoms with E-state index in [1.165, 1.54) is 12.1 Å². The highest BCUT2D eigenvalue weighted by molar-refractivity contribution is 5.85. The van der Waals surface area contributed by atoms with Crippen molar-refractivity contribution in [3.05, 3.63) is 101 Å². The molecule has 0 saturated heterocycles. The fourth-order valence-electron chi connectivity index (χ4n) is 3.75. The molecule has 0 bridgehead atoms. The van der Waals surface area contributed by atoms with Gasteiger partial charge in [0.25, 0.3) is 0 Å². The zero-order chi connectivity index (χ0) is 25.5. The van der Waals surface area contributed by atoms with Gasteiger partial charge in [0.15, 0.2) is 29.1 Å². The molecule has 0 aliphatic carbocycles. The van der Waals surface area contributed by atoms with Gasteiger partial charge in [-0.1, -0.05) is 37.6 Å². The molecule has 0 aliphatic rings. The van der Waals surface area contributed by atoms with Gasteiger partial charge in [0.05, 0.1) is 10.9 Å². The quantitative estimate of drug-likeness (QED) is 0.192. The van der Waals surface area contributed by atoms with Gasteiger partial charge in [-0.15, -0.1) is 0 Å². The van der Waals surface area contributed by atoms with Crippen molar-refractivity contribution in [2.45, 2.75) is 25.9 Å². The van der Waals surface area contributed by atoms with Gasteiger partial charge in [-0.2, -0.15) is 8.78 Å². The summed E-state index contributed by atoms with van der Waals surface area (Å²) in [6.45, 7) is 1.81. The molecule has 0 heterocycles. The van der Waals surface area contributed by atoms with Crippen LogP contribution in [0.1, 0.15) is 24.5 Å². The summed E-state index contributed by atoms with van der Waals surface area (Å²) in [6, 6.07) is 8.49. The van der Waals surface area contributed by atoms with Crippen LogP contribution in [0.2, 0.25) is 0 Å². The second-order valence-corrected chi connectivity index (χ2v) is 7.84. The van der Waals surface area contributed by atoms with Gasteiger partial charge in [0, 0.05) is 11.6 Å². The first kappa shape index (κ1) is 24.5. The lowest BCUT2D eigenvalue weighted by molar-refractivity contribution is -0.185. The summed E-state index contributed by atoms with van der Waals surface area (Å²) >= 11 is 0. The van der Waals surface area contributed by atoms with E-state index in [1.807, 2.05) is 6.92 Å². The molecule has 4 aromatic rings. The highest BCUT2D eigenvalue weighted by atomic mass is 19.3. The molecule has 0 spiro atoms. The Morgan fingerprint density at radius 2 is 1.40 bits per heavy atom. The second-order valence-electron chi connectivity index (χ2n) is 7.84. The van der Waals surface area contributed by atoms with Crippen molar-refractivity contribution in [3.8, 4) is 16.9 Å². The van der Waals surface area contributed by atoms with Crippen LogP contribution in [0.25, 0.3) is 21.9 Å². The lowest BCUT2D eigenvalue weighted by atomic mass is 9.99. The number of hydrogen-bond donors (Lipinski definition) is 0. The first-order valence-corrected chi connectivity index (χ1v) is 10.4. The molecule has 0 atom stereocenters. The van der Waals surface area contributed by atoms with Gasteiger partial charge < -0.3 is 4.74 Å². The lowest BCUT2D eigenvalue weighted by Gasteiger charge is -2.19. The van der Waals surface area contributed by atoms with Crippen molar-refractivity contribution in [1.82, 2.24) is 0 Å². The third-order valence-electron chi connectivity index (χ3n) is 5.46. The zero-order valence-electron chi connectivity index (χ0n) is 18.0. The molecule has 0 unspecified atom stereocenters. The van der Waals surface area contributed by atoms with E-state index in [9.17, 15) is 35.1 Å². The van der Waals surface area contributed by atoms with Crippen molar-refractivity contribution in [3.63, 3.8) is 0 Å². The largest absolute Gasteiger partial charge is 0.429 e. The van der Waals surface area contributed by atoms with Gasteiger partial charge in [0.1, 0.15) is 11.6 Å². The number of fused-ring (bicyclic) bond motifs is 1. The topological polar surface area (TPSA) is 9.23 Å². The van der Waals surface area contributed by atoms with Crippen LogP contribution in [0.15, 0.2) is 54.6 Å². The number of alkyl halides is 2. The molecule has 0 aromatic heterocycles. The average molecular weight is 496 g/mol. The Balaban J connectivity index is 1.63. The summed E-state index contributed by atoms with van der Waals surface area (Å²) in [6.07, 6.45) is -3.08. The summed E-state index contributed by atoms with van der Waals surface area (Å²) in [5.41, 5.74) is -0.489. The number of benzene rings is 4. The van der Waals surface area contributed by atoms with Crippen LogP contribution in [-0.4, -0.2) is 0 Å². The van der Waals surface area contributed by atoms with E-state index < -0.39 is 63.1 Å². The van der Waals surface area contributed by atoms with Crippen LogP contribution in [0.3, 0.4) is 0 Å². The molecule has 35 heavy (non-hydrogen) atoms. The van der Waals surface area contributed by atoms with E-state index in [-0.39, 0.29) is 16.7 Å². The molecule has 182 valence electrons. The fraction of sp³-hybridized carbons (Fsp3) is 0.154. The molecule has 0 fully saturated rings. The zero-order valence-corrected chi connectivity index (χ0v) is 18.0. The standard InChI is InChI=1S/C26H16F8O/c1-2-3-14-6-9-18(23(30)22(14)29)13-4-7-16(8-5-13)26(33,34)35-17-10-15-11-20(28)24(31)25(32)21(15)19(27)12-17/h4-12H,2-3H2,1H3. The smallest absolute Gasteiger partial charge is 0.426 e. The minimum Gasteiger partial charge on any atom is -0.429 e. The van der Waals surface area contributed by atoms with E-state index >= 15 is 0 Å². The van der Waals surface area contributed by atoms with E-state index in [4.69, 9.17) is 0 Å². The SMILES string of the molecule is CCCc1ccc(-c2ccc(C(F)(F)Oc3cc(F)c4c(F)c(F)c(F)cc4c3)cc2)c(F)c1F. The second kappa shape index (κ2) is 9.20. The molecule has 4 rings (SSSR count). The van der Waals surface area contributed by atoms with Crippen molar-refractivity contribution < 1.29 is 39.9 Å². The highest BCUT2D eigenvalue weighted by Gasteiger charge is 2.35.